The smallest absolute Gasteiger partial charge is 0.247 e. The molecule has 2 N–H and O–H groups in total. The van der Waals surface area contributed by atoms with Gasteiger partial charge in [0.05, 0.1) is 10.7 Å². The normalized spacial score (nSPS) is 16.2. The maximum absolute atomic E-state index is 13.7. The van der Waals surface area contributed by atoms with Crippen LogP contribution >= 0.6 is 11.6 Å². The molecule has 3 rings (SSSR count). The van der Waals surface area contributed by atoms with Crippen molar-refractivity contribution in [3.05, 3.63) is 58.6 Å². The molecule has 0 fully saturated rings. The Morgan fingerprint density at radius 3 is 2.76 bits per heavy atom. The minimum Gasteiger partial charge on any atom is -0.373 e. The van der Waals surface area contributed by atoms with Crippen LogP contribution in [0.4, 0.5) is 20.2 Å². The monoisotopic (exact) mass is 308 g/mol. The summed E-state index contributed by atoms with van der Waals surface area (Å²) in [6, 6.07) is 8.66. The molecule has 0 saturated carbocycles. The van der Waals surface area contributed by atoms with Gasteiger partial charge in [0.1, 0.15) is 11.9 Å². The van der Waals surface area contributed by atoms with Crippen LogP contribution < -0.4 is 10.6 Å². The van der Waals surface area contributed by atoms with Crippen LogP contribution in [0.25, 0.3) is 0 Å². The molecule has 1 aliphatic heterocycles. The van der Waals surface area contributed by atoms with Crippen LogP contribution in [0.15, 0.2) is 36.4 Å². The molecule has 0 bridgehead atoms. The number of halogens is 3. The van der Waals surface area contributed by atoms with Crippen molar-refractivity contribution < 1.29 is 13.6 Å². The van der Waals surface area contributed by atoms with E-state index in [9.17, 15) is 13.6 Å². The van der Waals surface area contributed by atoms with E-state index in [-0.39, 0.29) is 10.7 Å². The van der Waals surface area contributed by atoms with Gasteiger partial charge in [0, 0.05) is 18.2 Å². The van der Waals surface area contributed by atoms with Gasteiger partial charge in [-0.05, 0) is 17.7 Å². The first-order valence-corrected chi connectivity index (χ1v) is 6.72. The Balaban J connectivity index is 1.77. The fourth-order valence-corrected chi connectivity index (χ4v) is 2.57. The van der Waals surface area contributed by atoms with Crippen molar-refractivity contribution in [2.45, 2.75) is 12.5 Å². The van der Waals surface area contributed by atoms with Gasteiger partial charge >= 0.3 is 0 Å². The molecule has 1 amide bonds. The number of nitrogens with one attached hydrogen (secondary N) is 2. The summed E-state index contributed by atoms with van der Waals surface area (Å²) in [6.45, 7) is 0. The second-order valence-corrected chi connectivity index (χ2v) is 5.20. The Morgan fingerprint density at radius 2 is 2.05 bits per heavy atom. The van der Waals surface area contributed by atoms with E-state index in [2.05, 4.69) is 10.6 Å². The average molecular weight is 309 g/mol. The summed E-state index contributed by atoms with van der Waals surface area (Å²) in [5.74, 6) is -2.11. The van der Waals surface area contributed by atoms with Crippen molar-refractivity contribution in [3.8, 4) is 0 Å². The third-order valence-corrected chi connectivity index (χ3v) is 3.64. The molecular weight excluding hydrogens is 298 g/mol. The average Bonchev–Trinajstić information content (AvgIpc) is 2.86. The molecule has 0 radical (unpaired) electrons. The second kappa shape index (κ2) is 5.33. The van der Waals surface area contributed by atoms with Crippen LogP contribution in [0.2, 0.25) is 5.02 Å². The van der Waals surface area contributed by atoms with Crippen molar-refractivity contribution in [2.24, 2.45) is 0 Å². The first-order valence-electron chi connectivity index (χ1n) is 6.34. The molecule has 0 aromatic heterocycles. The van der Waals surface area contributed by atoms with E-state index in [1.807, 2.05) is 24.3 Å². The van der Waals surface area contributed by atoms with Crippen LogP contribution in [-0.4, -0.2) is 11.9 Å². The van der Waals surface area contributed by atoms with Gasteiger partial charge in [-0.2, -0.15) is 0 Å². The minimum atomic E-state index is -0.899. The fourth-order valence-electron chi connectivity index (χ4n) is 2.33. The number of rotatable bonds is 2. The van der Waals surface area contributed by atoms with E-state index in [4.69, 9.17) is 11.6 Å². The Labute approximate surface area is 124 Å². The highest BCUT2D eigenvalue weighted by molar-refractivity contribution is 6.33. The standard InChI is InChI=1S/C15H11ClF2N2O/c16-10-6-9(17)7-11(18)14(10)20-15(21)13-5-8-3-1-2-4-12(8)19-13/h1-4,6-7,13,19H,5H2,(H,20,21). The lowest BCUT2D eigenvalue weighted by Crippen LogP contribution is -2.33. The molecular formula is C15H11ClF2N2O. The zero-order chi connectivity index (χ0) is 15.0. The van der Waals surface area contributed by atoms with Gasteiger partial charge in [-0.3, -0.25) is 4.79 Å². The quantitative estimate of drug-likeness (QED) is 0.890. The van der Waals surface area contributed by atoms with Crippen molar-refractivity contribution >= 4 is 28.9 Å². The zero-order valence-corrected chi connectivity index (χ0v) is 11.5. The highest BCUT2D eigenvalue weighted by Gasteiger charge is 2.27. The molecule has 2 aromatic rings. The molecule has 2 aromatic carbocycles. The molecule has 0 saturated heterocycles. The van der Waals surface area contributed by atoms with Gasteiger partial charge in [-0.1, -0.05) is 29.8 Å². The molecule has 1 atom stereocenters. The Morgan fingerprint density at radius 1 is 1.29 bits per heavy atom. The van der Waals surface area contributed by atoms with Gasteiger partial charge in [0.15, 0.2) is 5.82 Å². The van der Waals surface area contributed by atoms with E-state index in [1.165, 1.54) is 0 Å². The molecule has 1 unspecified atom stereocenters. The Hall–Kier alpha value is -2.14. The minimum absolute atomic E-state index is 0.170. The number of para-hydroxylation sites is 1. The van der Waals surface area contributed by atoms with Crippen LogP contribution in [0.5, 0.6) is 0 Å². The summed E-state index contributed by atoms with van der Waals surface area (Å²) in [4.78, 5) is 12.2. The van der Waals surface area contributed by atoms with Crippen LogP contribution in [0.1, 0.15) is 5.56 Å². The third-order valence-electron chi connectivity index (χ3n) is 3.34. The molecule has 108 valence electrons. The highest BCUT2D eigenvalue weighted by Crippen LogP contribution is 2.29. The number of benzene rings is 2. The lowest BCUT2D eigenvalue weighted by molar-refractivity contribution is -0.116. The number of amides is 1. The maximum atomic E-state index is 13.7. The number of fused-ring (bicyclic) bond motifs is 1. The maximum Gasteiger partial charge on any atom is 0.247 e. The number of hydrogen-bond donors (Lipinski definition) is 2. The lowest BCUT2D eigenvalue weighted by atomic mass is 10.1. The van der Waals surface area contributed by atoms with E-state index in [1.54, 1.807) is 0 Å². The fraction of sp³-hybridized carbons (Fsp3) is 0.133. The molecule has 21 heavy (non-hydrogen) atoms. The van der Waals surface area contributed by atoms with Gasteiger partial charge in [0.25, 0.3) is 0 Å². The molecule has 1 aliphatic rings. The van der Waals surface area contributed by atoms with Crippen molar-refractivity contribution in [1.29, 1.82) is 0 Å². The highest BCUT2D eigenvalue weighted by atomic mass is 35.5. The Kier molecular flexibility index (Phi) is 3.51. The molecule has 6 heteroatoms. The number of anilines is 2. The summed E-state index contributed by atoms with van der Waals surface area (Å²) >= 11 is 5.76. The summed E-state index contributed by atoms with van der Waals surface area (Å²) < 4.78 is 26.6. The van der Waals surface area contributed by atoms with E-state index >= 15 is 0 Å². The van der Waals surface area contributed by atoms with Crippen LogP contribution in [0.3, 0.4) is 0 Å². The third kappa shape index (κ3) is 2.69. The topological polar surface area (TPSA) is 41.1 Å². The van der Waals surface area contributed by atoms with Crippen molar-refractivity contribution in [3.63, 3.8) is 0 Å². The SMILES string of the molecule is O=C(Nc1c(F)cc(F)cc1Cl)C1Cc2ccccc2N1. The van der Waals surface area contributed by atoms with Crippen molar-refractivity contribution in [2.75, 3.05) is 10.6 Å². The first-order chi connectivity index (χ1) is 10.0. The zero-order valence-electron chi connectivity index (χ0n) is 10.8. The predicted octanol–water partition coefficient (Wildman–Crippen LogP) is 3.59. The summed E-state index contributed by atoms with van der Waals surface area (Å²) in [5, 5.41) is 5.29. The molecule has 0 spiro atoms. The second-order valence-electron chi connectivity index (χ2n) is 4.79. The Bertz CT molecular complexity index is 673. The molecule has 3 nitrogen and oxygen atoms in total. The van der Waals surface area contributed by atoms with E-state index in [0.29, 0.717) is 12.5 Å². The van der Waals surface area contributed by atoms with Crippen molar-refractivity contribution in [1.82, 2.24) is 0 Å². The molecule has 0 aliphatic carbocycles. The van der Waals surface area contributed by atoms with Gasteiger partial charge in [-0.25, -0.2) is 8.78 Å². The number of carbonyl (C=O) groups is 1. The van der Waals surface area contributed by atoms with Crippen LogP contribution in [0, 0.1) is 11.6 Å². The van der Waals surface area contributed by atoms with Gasteiger partial charge in [0.2, 0.25) is 5.91 Å². The molecule has 1 heterocycles. The van der Waals surface area contributed by atoms with Crippen LogP contribution in [-0.2, 0) is 11.2 Å². The van der Waals surface area contributed by atoms with E-state index in [0.717, 1.165) is 17.3 Å². The summed E-state index contributed by atoms with van der Waals surface area (Å²) in [5.41, 5.74) is 1.69. The summed E-state index contributed by atoms with van der Waals surface area (Å²) in [7, 11) is 0. The number of carbonyl (C=O) groups excluding carboxylic acids is 1. The number of hydrogen-bond acceptors (Lipinski definition) is 2. The predicted molar refractivity (Wildman–Crippen MR) is 77.6 cm³/mol. The van der Waals surface area contributed by atoms with Gasteiger partial charge in [-0.15, -0.1) is 0 Å². The van der Waals surface area contributed by atoms with Gasteiger partial charge < -0.3 is 10.6 Å². The lowest BCUT2D eigenvalue weighted by Gasteiger charge is -2.13. The first kappa shape index (κ1) is 13.8. The largest absolute Gasteiger partial charge is 0.373 e. The van der Waals surface area contributed by atoms with E-state index < -0.39 is 23.6 Å². The summed E-state index contributed by atoms with van der Waals surface area (Å²) in [6.07, 6.45) is 0.502.